The number of aromatic nitrogens is 2. The molecule has 0 N–H and O–H groups in total. The van der Waals surface area contributed by atoms with E-state index in [1.807, 2.05) is 16.7 Å². The highest BCUT2D eigenvalue weighted by Crippen LogP contribution is 2.25. The van der Waals surface area contributed by atoms with Gasteiger partial charge >= 0.3 is 12.3 Å². The normalized spacial score (nSPS) is 14.0. The number of rotatable bonds is 2. The molecule has 2 aliphatic rings. The van der Waals surface area contributed by atoms with Gasteiger partial charge in [-0.05, 0) is 62.8 Å². The minimum Gasteiger partial charge on any atom is -0.354 e. The monoisotopic (exact) mass is 482 g/mol. The first kappa shape index (κ1) is 27.8. The van der Waals surface area contributed by atoms with Gasteiger partial charge in [0.2, 0.25) is 0 Å². The molecule has 0 radical (unpaired) electrons. The van der Waals surface area contributed by atoms with Crippen LogP contribution in [-0.4, -0.2) is 48.4 Å². The van der Waals surface area contributed by atoms with Crippen LogP contribution in [0.1, 0.15) is 36.8 Å². The fourth-order valence-electron chi connectivity index (χ4n) is 3.39. The molecule has 11 heteroatoms. The van der Waals surface area contributed by atoms with Crippen molar-refractivity contribution in [1.82, 2.24) is 9.97 Å². The van der Waals surface area contributed by atoms with Gasteiger partial charge in [-0.2, -0.15) is 19.2 Å². The molecule has 0 bridgehead atoms. The fraction of sp³-hybridized carbons (Fsp3) is 0.455. The van der Waals surface area contributed by atoms with Gasteiger partial charge in [-0.25, -0.2) is 18.7 Å². The van der Waals surface area contributed by atoms with Gasteiger partial charge in [0, 0.05) is 32.4 Å². The van der Waals surface area contributed by atoms with Crippen LogP contribution in [0.3, 0.4) is 0 Å². The van der Waals surface area contributed by atoms with Crippen LogP contribution in [0.25, 0.3) is 0 Å². The van der Waals surface area contributed by atoms with Gasteiger partial charge in [0.05, 0.1) is 0 Å². The molecule has 2 saturated heterocycles. The maximum Gasteiger partial charge on any atom is 0.373 e. The number of halogens is 3. The molecule has 0 amide bonds. The van der Waals surface area contributed by atoms with Crippen molar-refractivity contribution in [2.75, 3.05) is 36.0 Å². The van der Waals surface area contributed by atoms with Crippen LogP contribution >= 0.6 is 11.6 Å². The maximum absolute atomic E-state index is 13.5. The quantitative estimate of drug-likeness (QED) is 0.597. The summed E-state index contributed by atoms with van der Waals surface area (Å²) in [6.07, 6.45) is 6.72. The first-order valence-electron chi connectivity index (χ1n) is 10.2. The van der Waals surface area contributed by atoms with Crippen LogP contribution in [-0.2, 0) is 19.2 Å². The van der Waals surface area contributed by atoms with Crippen molar-refractivity contribution in [3.63, 3.8) is 0 Å². The first-order chi connectivity index (χ1) is 15.8. The van der Waals surface area contributed by atoms with Crippen molar-refractivity contribution < 1.29 is 28.0 Å². The molecule has 0 aliphatic carbocycles. The second-order valence-corrected chi connectivity index (χ2v) is 7.63. The summed E-state index contributed by atoms with van der Waals surface area (Å²) in [6, 6.07) is 2.99. The largest absolute Gasteiger partial charge is 0.373 e. The van der Waals surface area contributed by atoms with E-state index in [1.54, 1.807) is 19.2 Å². The molecule has 0 spiro atoms. The molecule has 33 heavy (non-hydrogen) atoms. The van der Waals surface area contributed by atoms with Crippen molar-refractivity contribution in [3.05, 3.63) is 46.2 Å². The highest BCUT2D eigenvalue weighted by Gasteiger charge is 2.19. The third-order valence-corrected chi connectivity index (χ3v) is 5.24. The first-order valence-corrected chi connectivity index (χ1v) is 10.6. The molecule has 4 heterocycles. The smallest absolute Gasteiger partial charge is 0.354 e. The lowest BCUT2D eigenvalue weighted by atomic mass is 10.3. The van der Waals surface area contributed by atoms with Crippen molar-refractivity contribution >= 4 is 35.5 Å². The third kappa shape index (κ3) is 9.06. The average molecular weight is 483 g/mol. The second-order valence-electron chi connectivity index (χ2n) is 7.27. The molecule has 2 aromatic heterocycles. The topological polar surface area (TPSA) is 101 Å². The van der Waals surface area contributed by atoms with E-state index in [1.165, 1.54) is 6.07 Å². The SMILES string of the molecule is Cc1cc(F)c(N2CCCC2)nc1Cl.Cc1cnc(N2CCCC2)c(F)c1.O=C=O.O=C=O. The molecule has 0 unspecified atom stereocenters. The Kier molecular flexibility index (Phi) is 12.5. The second kappa shape index (κ2) is 14.8. The summed E-state index contributed by atoms with van der Waals surface area (Å²) < 4.78 is 26.9. The Bertz CT molecular complexity index is 957. The number of pyridine rings is 2. The van der Waals surface area contributed by atoms with E-state index >= 15 is 0 Å². The highest BCUT2D eigenvalue weighted by molar-refractivity contribution is 6.30. The molecule has 2 fully saturated rings. The maximum atomic E-state index is 13.5. The number of carbonyl (C=O) groups excluding carboxylic acids is 4. The standard InChI is InChI=1S/C10H12ClFN2.C10H13FN2.2CO2/c1-7-6-8(12)10(13-9(7)11)14-4-2-3-5-14;1-8-6-9(11)10(12-7-8)13-4-2-3-5-13;2*2-1-3/h6H,2-5H2,1H3;6-7H,2-5H2,1H3;;. The highest BCUT2D eigenvalue weighted by atomic mass is 35.5. The molecule has 178 valence electrons. The van der Waals surface area contributed by atoms with E-state index < -0.39 is 0 Å². The van der Waals surface area contributed by atoms with E-state index in [0.29, 0.717) is 22.4 Å². The van der Waals surface area contributed by atoms with Gasteiger partial charge in [0.15, 0.2) is 23.3 Å². The van der Waals surface area contributed by atoms with Crippen LogP contribution in [0, 0.1) is 25.5 Å². The van der Waals surface area contributed by atoms with Crippen LogP contribution in [0.4, 0.5) is 20.4 Å². The Hall–Kier alpha value is -3.19. The number of aryl methyl sites for hydroxylation is 2. The van der Waals surface area contributed by atoms with E-state index in [-0.39, 0.29) is 23.9 Å². The molecule has 0 atom stereocenters. The summed E-state index contributed by atoms with van der Waals surface area (Å²) in [5, 5.41) is 0.397. The lowest BCUT2D eigenvalue weighted by Crippen LogP contribution is -2.20. The van der Waals surface area contributed by atoms with Gasteiger partial charge in [0.25, 0.3) is 0 Å². The molecule has 2 aromatic rings. The third-order valence-electron chi connectivity index (χ3n) is 4.86. The minimum absolute atomic E-state index is 0.193. The number of hydrogen-bond donors (Lipinski definition) is 0. The lowest BCUT2D eigenvalue weighted by Gasteiger charge is -2.17. The van der Waals surface area contributed by atoms with E-state index in [0.717, 1.165) is 57.4 Å². The summed E-state index contributed by atoms with van der Waals surface area (Å²) in [7, 11) is 0. The number of hydrogen-bond acceptors (Lipinski definition) is 8. The van der Waals surface area contributed by atoms with E-state index in [4.69, 9.17) is 30.8 Å². The molecular weight excluding hydrogens is 458 g/mol. The molecule has 0 aromatic carbocycles. The Morgan fingerprint density at radius 3 is 1.70 bits per heavy atom. The van der Waals surface area contributed by atoms with Gasteiger partial charge in [0.1, 0.15) is 5.15 Å². The summed E-state index contributed by atoms with van der Waals surface area (Å²) >= 11 is 5.86. The van der Waals surface area contributed by atoms with Gasteiger partial charge < -0.3 is 9.80 Å². The summed E-state index contributed by atoms with van der Waals surface area (Å²) in [5.74, 6) is 0.455. The van der Waals surface area contributed by atoms with Crippen LogP contribution < -0.4 is 9.80 Å². The van der Waals surface area contributed by atoms with Gasteiger partial charge in [-0.15, -0.1) is 0 Å². The predicted molar refractivity (Wildman–Crippen MR) is 116 cm³/mol. The fourth-order valence-corrected chi connectivity index (χ4v) is 3.52. The van der Waals surface area contributed by atoms with Crippen LogP contribution in [0.15, 0.2) is 18.3 Å². The molecule has 4 rings (SSSR count). The van der Waals surface area contributed by atoms with Crippen molar-refractivity contribution in [3.8, 4) is 0 Å². The number of anilines is 2. The molecule has 2 aliphatic heterocycles. The van der Waals surface area contributed by atoms with E-state index in [9.17, 15) is 8.78 Å². The zero-order valence-corrected chi connectivity index (χ0v) is 19.2. The minimum atomic E-state index is -0.270. The van der Waals surface area contributed by atoms with Crippen LogP contribution in [0.5, 0.6) is 0 Å². The summed E-state index contributed by atoms with van der Waals surface area (Å²) in [6.45, 7) is 7.24. The Labute approximate surface area is 195 Å². The Morgan fingerprint density at radius 2 is 1.24 bits per heavy atom. The van der Waals surface area contributed by atoms with Gasteiger partial charge in [-0.1, -0.05) is 11.6 Å². The Morgan fingerprint density at radius 1 is 0.818 bits per heavy atom. The average Bonchev–Trinajstić information content (AvgIpc) is 3.47. The van der Waals surface area contributed by atoms with Crippen molar-refractivity contribution in [2.45, 2.75) is 39.5 Å². The summed E-state index contributed by atoms with van der Waals surface area (Å²) in [5.41, 5.74) is 1.56. The zero-order chi connectivity index (χ0) is 24.8. The molecular formula is C22H25ClF2N4O4. The summed E-state index contributed by atoms with van der Waals surface area (Å²) in [4.78, 5) is 44.6. The number of nitrogens with zero attached hydrogens (tertiary/aromatic N) is 4. The van der Waals surface area contributed by atoms with Gasteiger partial charge in [-0.3, -0.25) is 0 Å². The lowest BCUT2D eigenvalue weighted by molar-refractivity contribution is -0.193. The zero-order valence-electron chi connectivity index (χ0n) is 18.4. The molecule has 0 saturated carbocycles. The predicted octanol–water partition coefficient (Wildman–Crippen LogP) is 3.75. The van der Waals surface area contributed by atoms with E-state index in [2.05, 4.69) is 9.97 Å². The molecule has 8 nitrogen and oxygen atoms in total. The van der Waals surface area contributed by atoms with Crippen molar-refractivity contribution in [2.24, 2.45) is 0 Å². The Balaban J connectivity index is 0.000000268. The van der Waals surface area contributed by atoms with Crippen molar-refractivity contribution in [1.29, 1.82) is 0 Å². The van der Waals surface area contributed by atoms with Crippen LogP contribution in [0.2, 0.25) is 5.15 Å².